The summed E-state index contributed by atoms with van der Waals surface area (Å²) in [6.07, 6.45) is 3.06. The van der Waals surface area contributed by atoms with Gasteiger partial charge >= 0.3 is 0 Å². The zero-order valence-corrected chi connectivity index (χ0v) is 8.09. The molecule has 0 saturated carbocycles. The summed E-state index contributed by atoms with van der Waals surface area (Å²) >= 11 is 1.87. The molecule has 0 N–H and O–H groups in total. The van der Waals surface area contributed by atoms with Gasteiger partial charge in [0.2, 0.25) is 0 Å². The second kappa shape index (κ2) is 2.81. The molecule has 5 heteroatoms. The van der Waals surface area contributed by atoms with Crippen molar-refractivity contribution in [3.05, 3.63) is 35.0 Å². The summed E-state index contributed by atoms with van der Waals surface area (Å²) in [5.41, 5.74) is 0.922. The molecule has 0 aliphatic rings. The van der Waals surface area contributed by atoms with Gasteiger partial charge in [-0.05, 0) is 12.1 Å². The van der Waals surface area contributed by atoms with E-state index in [0.717, 1.165) is 0 Å². The molecule has 2 aromatic rings. The molecule has 0 unspecified atom stereocenters. The first-order valence-corrected chi connectivity index (χ1v) is 4.24. The molecule has 0 amide bonds. The van der Waals surface area contributed by atoms with Crippen LogP contribution in [0.3, 0.4) is 0 Å². The van der Waals surface area contributed by atoms with Crippen molar-refractivity contribution in [1.82, 2.24) is 12.7 Å². The first kappa shape index (κ1) is 7.66. The van der Waals surface area contributed by atoms with Gasteiger partial charge in [-0.1, -0.05) is 0 Å². The summed E-state index contributed by atoms with van der Waals surface area (Å²) < 4.78 is 1.38. The number of halogens is 1. The van der Waals surface area contributed by atoms with Crippen molar-refractivity contribution >= 4 is 33.9 Å². The number of nitrogens with zero attached hydrogens (tertiary/aromatic N) is 3. The van der Waals surface area contributed by atoms with E-state index in [1.165, 1.54) is 9.11 Å². The van der Waals surface area contributed by atoms with Crippen LogP contribution in [0.4, 0.5) is 0 Å². The van der Waals surface area contributed by atoms with Gasteiger partial charge in [0.15, 0.2) is 5.52 Å². The van der Waals surface area contributed by atoms with E-state index in [1.807, 2.05) is 22.9 Å². The summed E-state index contributed by atoms with van der Waals surface area (Å²) in [5, 5.41) is 0. The van der Waals surface area contributed by atoms with E-state index in [9.17, 15) is 4.79 Å². The fraction of sp³-hybridized carbons (Fsp3) is 0. The molecule has 4 nitrogen and oxygen atoms in total. The van der Waals surface area contributed by atoms with Gasteiger partial charge in [-0.3, -0.25) is 4.79 Å². The molecular weight excluding hydrogens is 269 g/mol. The van der Waals surface area contributed by atoms with Crippen molar-refractivity contribution in [1.29, 1.82) is 0 Å². The van der Waals surface area contributed by atoms with Crippen LogP contribution in [0.2, 0.25) is 0 Å². The Balaban J connectivity index is 3.01. The van der Waals surface area contributed by atoms with E-state index in [-0.39, 0.29) is 5.56 Å². The number of pyridine rings is 1. The summed E-state index contributed by atoms with van der Waals surface area (Å²) in [6.45, 7) is 0. The third-order valence-corrected chi connectivity index (χ3v) is 2.17. The molecule has 2 rings (SSSR count). The van der Waals surface area contributed by atoms with Crippen LogP contribution in [0, 0.1) is 0 Å². The van der Waals surface area contributed by atoms with Crippen LogP contribution in [0.5, 0.6) is 0 Å². The van der Waals surface area contributed by atoms with Crippen LogP contribution in [0.1, 0.15) is 0 Å². The summed E-state index contributed by atoms with van der Waals surface area (Å²) in [4.78, 5) is 19.4. The van der Waals surface area contributed by atoms with Crippen molar-refractivity contribution in [3.8, 4) is 0 Å². The van der Waals surface area contributed by atoms with Crippen molar-refractivity contribution in [2.24, 2.45) is 0 Å². The summed E-state index contributed by atoms with van der Waals surface area (Å²) in [6, 6.07) is 3.52. The molecule has 0 fully saturated rings. The molecule has 0 radical (unpaired) electrons. The predicted molar refractivity (Wildman–Crippen MR) is 53.2 cm³/mol. The van der Waals surface area contributed by atoms with E-state index < -0.39 is 0 Å². The monoisotopic (exact) mass is 273 g/mol. The Kier molecular flexibility index (Phi) is 1.80. The van der Waals surface area contributed by atoms with Gasteiger partial charge in [0, 0.05) is 6.20 Å². The van der Waals surface area contributed by atoms with Crippen LogP contribution in [-0.2, 0) is 0 Å². The maximum atomic E-state index is 11.4. The first-order valence-electron chi connectivity index (χ1n) is 3.27. The topological polar surface area (TPSA) is 47.8 Å². The molecule has 2 heterocycles. The average Bonchev–Trinajstić information content (AvgIpc) is 2.12. The number of rotatable bonds is 0. The number of aromatic nitrogens is 3. The van der Waals surface area contributed by atoms with Gasteiger partial charge in [0.1, 0.15) is 6.33 Å². The van der Waals surface area contributed by atoms with Crippen molar-refractivity contribution in [2.75, 3.05) is 0 Å². The minimum Gasteiger partial charge on any atom is -0.266 e. The van der Waals surface area contributed by atoms with Gasteiger partial charge < -0.3 is 0 Å². The molecule has 0 atom stereocenters. The molecule has 0 aromatic carbocycles. The number of fused-ring (bicyclic) bond motifs is 1. The minimum atomic E-state index is -0.124. The van der Waals surface area contributed by atoms with E-state index in [1.54, 1.807) is 18.3 Å². The third-order valence-electron chi connectivity index (χ3n) is 1.48. The molecule has 2 aromatic heterocycles. The highest BCUT2D eigenvalue weighted by atomic mass is 127. The SMILES string of the molecule is O=c1c2ncccc2ncn1I. The average molecular weight is 273 g/mol. The van der Waals surface area contributed by atoms with Gasteiger partial charge in [0.25, 0.3) is 5.56 Å². The lowest BCUT2D eigenvalue weighted by atomic mass is 10.4. The van der Waals surface area contributed by atoms with Gasteiger partial charge in [0.05, 0.1) is 28.4 Å². The van der Waals surface area contributed by atoms with E-state index in [4.69, 9.17) is 0 Å². The lowest BCUT2D eigenvalue weighted by Gasteiger charge is -1.95. The molecule has 12 heavy (non-hydrogen) atoms. The standard InChI is InChI=1S/C7H4IN3O/c8-11-4-10-5-2-1-3-9-6(5)7(11)12/h1-4H. The number of hydrogen-bond acceptors (Lipinski definition) is 3. The highest BCUT2D eigenvalue weighted by Gasteiger charge is 2.00. The zero-order chi connectivity index (χ0) is 8.55. The quantitative estimate of drug-likeness (QED) is 0.672. The van der Waals surface area contributed by atoms with Crippen LogP contribution in [-0.4, -0.2) is 12.7 Å². The van der Waals surface area contributed by atoms with Crippen LogP contribution >= 0.6 is 22.9 Å². The zero-order valence-electron chi connectivity index (χ0n) is 5.94. The fourth-order valence-electron chi connectivity index (χ4n) is 0.932. The molecule has 60 valence electrons. The van der Waals surface area contributed by atoms with E-state index in [2.05, 4.69) is 9.97 Å². The Morgan fingerprint density at radius 2 is 2.25 bits per heavy atom. The Morgan fingerprint density at radius 1 is 1.42 bits per heavy atom. The Labute approximate surface area is 81.8 Å². The first-order chi connectivity index (χ1) is 5.79. The summed E-state index contributed by atoms with van der Waals surface area (Å²) in [5.74, 6) is 0. The molecule has 0 aliphatic heterocycles. The summed E-state index contributed by atoms with van der Waals surface area (Å²) in [7, 11) is 0. The normalized spacial score (nSPS) is 10.4. The maximum Gasteiger partial charge on any atom is 0.288 e. The second-order valence-corrected chi connectivity index (χ2v) is 3.27. The highest BCUT2D eigenvalue weighted by molar-refractivity contribution is 14.1. The number of hydrogen-bond donors (Lipinski definition) is 0. The molecular formula is C7H4IN3O. The fourth-order valence-corrected chi connectivity index (χ4v) is 1.29. The van der Waals surface area contributed by atoms with Crippen LogP contribution < -0.4 is 5.56 Å². The second-order valence-electron chi connectivity index (χ2n) is 2.23. The Morgan fingerprint density at radius 3 is 3.08 bits per heavy atom. The molecule has 0 aliphatic carbocycles. The molecule has 0 spiro atoms. The molecule has 0 bridgehead atoms. The van der Waals surface area contributed by atoms with E-state index in [0.29, 0.717) is 11.0 Å². The third kappa shape index (κ3) is 1.09. The Bertz CT molecular complexity index is 479. The smallest absolute Gasteiger partial charge is 0.266 e. The van der Waals surface area contributed by atoms with Crippen LogP contribution in [0.15, 0.2) is 29.5 Å². The van der Waals surface area contributed by atoms with Crippen molar-refractivity contribution < 1.29 is 0 Å². The lowest BCUT2D eigenvalue weighted by Crippen LogP contribution is -2.13. The maximum absolute atomic E-state index is 11.4. The van der Waals surface area contributed by atoms with Crippen molar-refractivity contribution in [3.63, 3.8) is 0 Å². The largest absolute Gasteiger partial charge is 0.288 e. The van der Waals surface area contributed by atoms with Crippen molar-refractivity contribution in [2.45, 2.75) is 0 Å². The van der Waals surface area contributed by atoms with Gasteiger partial charge in [-0.2, -0.15) is 0 Å². The van der Waals surface area contributed by atoms with E-state index >= 15 is 0 Å². The molecule has 0 saturated heterocycles. The van der Waals surface area contributed by atoms with Gasteiger partial charge in [-0.25, -0.2) is 12.7 Å². The predicted octanol–water partition coefficient (Wildman–Crippen LogP) is 0.990. The highest BCUT2D eigenvalue weighted by Crippen LogP contribution is 2.01. The van der Waals surface area contributed by atoms with Crippen LogP contribution in [0.25, 0.3) is 11.0 Å². The lowest BCUT2D eigenvalue weighted by molar-refractivity contribution is 1.12. The minimum absolute atomic E-state index is 0.124. The van der Waals surface area contributed by atoms with Gasteiger partial charge in [-0.15, -0.1) is 0 Å². The Hall–Kier alpha value is -0.980.